The average Bonchev–Trinajstić information content (AvgIpc) is 2.87. The molecule has 2 aromatic rings. The van der Waals surface area contributed by atoms with Gasteiger partial charge in [0.15, 0.2) is 4.98 Å². The Morgan fingerprint density at radius 1 is 1.07 bits per heavy atom. The van der Waals surface area contributed by atoms with Crippen LogP contribution in [0.1, 0.15) is 31.9 Å². The molecule has 0 aromatic heterocycles. The number of methoxy groups -OCH3 is 1. The molecule has 2 heterocycles. The highest BCUT2D eigenvalue weighted by Crippen LogP contribution is 2.34. The van der Waals surface area contributed by atoms with Crippen LogP contribution in [0.25, 0.3) is 4.98 Å². The standard InChI is InChI=1S/C26H31N4O6.BF4/c1-26(2,3)36-25(33)30(5)20-13-16-7-10-18(11-8-16)35-22-15-17(9-12-19(22)28-27)14-21(24(32)34-6)29(4)23(20)31;2-1(3,4)5/h7-12,15,20-21H,13-14H2,1-6H3;/q+1;-1/t20-,21+;/m0./s1. The summed E-state index contributed by atoms with van der Waals surface area (Å²) in [5.41, 5.74) is 0.878. The van der Waals surface area contributed by atoms with Crippen LogP contribution in [0.2, 0.25) is 0 Å². The molecule has 0 radical (unpaired) electrons. The molecular formula is C26H31BF4N4O6. The van der Waals surface area contributed by atoms with Gasteiger partial charge in [-0.3, -0.25) is 9.69 Å². The third kappa shape index (κ3) is 9.97. The summed E-state index contributed by atoms with van der Waals surface area (Å²) in [6.45, 7) is 5.24. The van der Waals surface area contributed by atoms with Gasteiger partial charge in [-0.25, -0.2) is 9.59 Å². The van der Waals surface area contributed by atoms with Crippen LogP contribution in [0.15, 0.2) is 42.5 Å². The van der Waals surface area contributed by atoms with Crippen molar-refractivity contribution in [3.8, 4) is 11.5 Å². The summed E-state index contributed by atoms with van der Waals surface area (Å²) >= 11 is 0. The van der Waals surface area contributed by atoms with Gasteiger partial charge in [-0.05, 0) is 50.1 Å². The Morgan fingerprint density at radius 2 is 1.63 bits per heavy atom. The van der Waals surface area contributed by atoms with E-state index in [-0.39, 0.29) is 18.5 Å². The molecule has 41 heavy (non-hydrogen) atoms. The molecule has 2 aromatic carbocycles. The number of carbonyl (C=O) groups is 3. The summed E-state index contributed by atoms with van der Waals surface area (Å²) in [6, 6.07) is 9.96. The van der Waals surface area contributed by atoms with Crippen molar-refractivity contribution < 1.29 is 45.9 Å². The third-order valence-corrected chi connectivity index (χ3v) is 5.86. The van der Waals surface area contributed by atoms with E-state index < -0.39 is 42.9 Å². The monoisotopic (exact) mass is 582 g/mol. The second-order valence-electron chi connectivity index (χ2n) is 10.1. The lowest BCUT2D eigenvalue weighted by molar-refractivity contribution is -0.153. The van der Waals surface area contributed by atoms with Gasteiger partial charge in [0.1, 0.15) is 23.4 Å². The first-order valence-electron chi connectivity index (χ1n) is 12.4. The fourth-order valence-electron chi connectivity index (χ4n) is 3.87. The second kappa shape index (κ2) is 13.3. The van der Waals surface area contributed by atoms with Crippen LogP contribution < -0.4 is 4.74 Å². The molecule has 4 bridgehead atoms. The Kier molecular flexibility index (Phi) is 10.7. The van der Waals surface area contributed by atoms with Gasteiger partial charge in [-0.1, -0.05) is 18.2 Å². The summed E-state index contributed by atoms with van der Waals surface area (Å²) in [7, 11) is -1.75. The maximum Gasteiger partial charge on any atom is 0.673 e. The molecule has 0 spiro atoms. The van der Waals surface area contributed by atoms with Gasteiger partial charge < -0.3 is 36.4 Å². The zero-order valence-corrected chi connectivity index (χ0v) is 23.4. The number of rotatable bonds is 2. The van der Waals surface area contributed by atoms with Crippen molar-refractivity contribution in [3.63, 3.8) is 0 Å². The van der Waals surface area contributed by atoms with E-state index in [1.54, 1.807) is 63.2 Å². The number of nitrogens with zero attached hydrogens (tertiary/aromatic N) is 4. The molecular weight excluding hydrogens is 551 g/mol. The van der Waals surface area contributed by atoms with E-state index in [1.165, 1.54) is 31.0 Å². The van der Waals surface area contributed by atoms with Crippen molar-refractivity contribution in [2.45, 2.75) is 51.3 Å². The van der Waals surface area contributed by atoms with Crippen LogP contribution in [0.4, 0.5) is 27.7 Å². The van der Waals surface area contributed by atoms with Crippen molar-refractivity contribution in [1.82, 2.24) is 9.80 Å². The molecule has 2 atom stereocenters. The minimum atomic E-state index is -6.00. The Morgan fingerprint density at radius 3 is 2.15 bits per heavy atom. The molecule has 15 heteroatoms. The van der Waals surface area contributed by atoms with Gasteiger partial charge in [0, 0.05) is 33.0 Å². The average molecular weight is 582 g/mol. The van der Waals surface area contributed by atoms with E-state index in [2.05, 4.69) is 4.98 Å². The number of hydrogen-bond acceptors (Lipinski definition) is 7. The lowest BCUT2D eigenvalue weighted by Crippen LogP contribution is -2.55. The van der Waals surface area contributed by atoms with Gasteiger partial charge in [-0.15, -0.1) is 0 Å². The van der Waals surface area contributed by atoms with Crippen LogP contribution in [-0.4, -0.2) is 73.9 Å². The van der Waals surface area contributed by atoms with Crippen molar-refractivity contribution in [2.24, 2.45) is 0 Å². The number of hydrogen-bond donors (Lipinski definition) is 0. The number of esters is 1. The smallest absolute Gasteiger partial charge is 0.467 e. The minimum Gasteiger partial charge on any atom is -0.467 e. The van der Waals surface area contributed by atoms with Crippen molar-refractivity contribution in [2.75, 3.05) is 21.2 Å². The predicted molar refractivity (Wildman–Crippen MR) is 142 cm³/mol. The molecule has 2 aliphatic heterocycles. The molecule has 4 rings (SSSR count). The number of amides is 2. The first-order valence-corrected chi connectivity index (χ1v) is 12.4. The Labute approximate surface area is 234 Å². The second-order valence-corrected chi connectivity index (χ2v) is 10.1. The number of likely N-dealkylation sites (N-methyl/N-ethyl adjacent to an activating group) is 2. The van der Waals surface area contributed by atoms with E-state index in [1.807, 2.05) is 0 Å². The molecule has 0 N–H and O–H groups in total. The van der Waals surface area contributed by atoms with E-state index in [9.17, 15) is 37.0 Å². The predicted octanol–water partition coefficient (Wildman–Crippen LogP) is 5.60. The Bertz CT molecular complexity index is 1290. The van der Waals surface area contributed by atoms with E-state index in [0.717, 1.165) is 5.56 Å². The van der Waals surface area contributed by atoms with Crippen molar-refractivity contribution >= 4 is 30.9 Å². The van der Waals surface area contributed by atoms with Crippen molar-refractivity contribution in [3.05, 3.63) is 58.6 Å². The number of halogens is 4. The lowest BCUT2D eigenvalue weighted by Gasteiger charge is -2.35. The van der Waals surface area contributed by atoms with Crippen LogP contribution in [0, 0.1) is 5.39 Å². The van der Waals surface area contributed by atoms with Gasteiger partial charge in [0.2, 0.25) is 17.0 Å². The van der Waals surface area contributed by atoms with Crippen LogP contribution >= 0.6 is 0 Å². The highest BCUT2D eigenvalue weighted by atomic mass is 19.5. The van der Waals surface area contributed by atoms with Crippen LogP contribution in [0.3, 0.4) is 0 Å². The Balaban J connectivity index is 0.00000108. The summed E-state index contributed by atoms with van der Waals surface area (Å²) in [5.74, 6) is -0.278. The summed E-state index contributed by atoms with van der Waals surface area (Å²) < 4.78 is 55.4. The molecule has 0 fully saturated rings. The fraction of sp³-hybridized carbons (Fsp3) is 0.423. The Hall–Kier alpha value is -4.35. The van der Waals surface area contributed by atoms with Crippen molar-refractivity contribution in [1.29, 1.82) is 5.39 Å². The summed E-state index contributed by atoms with van der Waals surface area (Å²) in [5, 5.41) is 9.38. The van der Waals surface area contributed by atoms with Crippen LogP contribution in [-0.2, 0) is 31.9 Å². The summed E-state index contributed by atoms with van der Waals surface area (Å²) in [4.78, 5) is 45.3. The maximum absolute atomic E-state index is 13.8. The van der Waals surface area contributed by atoms with Gasteiger partial charge >= 0.3 is 25.0 Å². The number of fused-ring (bicyclic) bond motifs is 7. The lowest BCUT2D eigenvalue weighted by atomic mass is 10.00. The molecule has 0 saturated carbocycles. The molecule has 2 amide bonds. The van der Waals surface area contributed by atoms with E-state index in [4.69, 9.17) is 14.2 Å². The molecule has 0 aliphatic carbocycles. The zero-order chi connectivity index (χ0) is 31.1. The highest BCUT2D eigenvalue weighted by molar-refractivity contribution is 6.50. The minimum absolute atomic E-state index is 0.109. The molecule has 0 unspecified atom stereocenters. The quantitative estimate of drug-likeness (QED) is 0.196. The number of carbonyl (C=O) groups excluding carboxylic acids is 3. The number of ether oxygens (including phenoxy) is 3. The number of benzene rings is 2. The topological polar surface area (TPSA) is 114 Å². The summed E-state index contributed by atoms with van der Waals surface area (Å²) in [6.07, 6.45) is -0.370. The van der Waals surface area contributed by atoms with E-state index >= 15 is 0 Å². The molecule has 222 valence electrons. The first-order chi connectivity index (χ1) is 18.9. The molecule has 0 saturated heterocycles. The highest BCUT2D eigenvalue weighted by Gasteiger charge is 2.37. The van der Waals surface area contributed by atoms with Gasteiger partial charge in [0.25, 0.3) is 0 Å². The largest absolute Gasteiger partial charge is 0.673 e. The zero-order valence-electron chi connectivity index (χ0n) is 23.4. The SMILES string of the molecule is COC(=O)[C@H]1Cc2ccc([N+]#N)c(c2)Oc2ccc(cc2)C[C@H](N(C)C(=O)OC(C)(C)C)C(=O)N1C.F[B-](F)(F)F. The number of diazo groups is 1. The van der Waals surface area contributed by atoms with Crippen LogP contribution in [0.5, 0.6) is 11.5 Å². The molecule has 2 aliphatic rings. The first kappa shape index (κ1) is 32.9. The fourth-order valence-corrected chi connectivity index (χ4v) is 3.87. The maximum atomic E-state index is 13.8. The molecule has 10 nitrogen and oxygen atoms in total. The third-order valence-electron chi connectivity index (χ3n) is 5.86. The van der Waals surface area contributed by atoms with Gasteiger partial charge in [0.05, 0.1) is 7.11 Å². The van der Waals surface area contributed by atoms with Gasteiger partial charge in [-0.2, -0.15) is 0 Å². The normalized spacial score (nSPS) is 17.2. The van der Waals surface area contributed by atoms with E-state index in [0.29, 0.717) is 17.1 Å².